The van der Waals surface area contributed by atoms with Gasteiger partial charge < -0.3 is 4.74 Å². The number of carbonyl (C=O) groups is 3. The highest BCUT2D eigenvalue weighted by Gasteiger charge is 2.67. The third-order valence-corrected chi connectivity index (χ3v) is 6.30. The van der Waals surface area contributed by atoms with Gasteiger partial charge in [0.05, 0.1) is 29.7 Å². The molecule has 2 amide bonds. The number of allylic oxidation sites excluding steroid dienone is 2. The number of amides is 2. The average molecular weight is 337 g/mol. The van der Waals surface area contributed by atoms with Gasteiger partial charge in [-0.15, -0.1) is 0 Å². The Kier molecular flexibility index (Phi) is 3.00. The third kappa shape index (κ3) is 1.86. The van der Waals surface area contributed by atoms with Crippen molar-refractivity contribution in [1.29, 1.82) is 0 Å². The Morgan fingerprint density at radius 1 is 1.08 bits per heavy atom. The van der Waals surface area contributed by atoms with Gasteiger partial charge in [0.15, 0.2) is 0 Å². The van der Waals surface area contributed by atoms with Crippen molar-refractivity contribution in [1.82, 2.24) is 0 Å². The molecular formula is C20H19NO4. The van der Waals surface area contributed by atoms with Gasteiger partial charge in [-0.05, 0) is 49.1 Å². The molecule has 1 aromatic carbocycles. The number of para-hydroxylation sites is 1. The number of esters is 1. The van der Waals surface area contributed by atoms with Crippen molar-refractivity contribution >= 4 is 23.5 Å². The van der Waals surface area contributed by atoms with Crippen LogP contribution in [0.5, 0.6) is 0 Å². The van der Waals surface area contributed by atoms with Crippen LogP contribution in [-0.2, 0) is 14.3 Å². The van der Waals surface area contributed by atoms with Gasteiger partial charge in [0, 0.05) is 0 Å². The first-order valence-corrected chi connectivity index (χ1v) is 8.95. The van der Waals surface area contributed by atoms with Crippen LogP contribution in [0.2, 0.25) is 0 Å². The Bertz CT molecular complexity index is 793. The van der Waals surface area contributed by atoms with E-state index in [2.05, 4.69) is 12.2 Å². The second-order valence-corrected chi connectivity index (χ2v) is 7.40. The van der Waals surface area contributed by atoms with Gasteiger partial charge >= 0.3 is 5.97 Å². The van der Waals surface area contributed by atoms with Crippen LogP contribution in [0.3, 0.4) is 0 Å². The maximum atomic E-state index is 13.2. The zero-order valence-corrected chi connectivity index (χ0v) is 13.9. The van der Waals surface area contributed by atoms with Gasteiger partial charge in [-0.25, -0.2) is 9.69 Å². The van der Waals surface area contributed by atoms with Crippen molar-refractivity contribution in [3.63, 3.8) is 0 Å². The number of imide groups is 1. The van der Waals surface area contributed by atoms with Gasteiger partial charge in [0.1, 0.15) is 0 Å². The van der Waals surface area contributed by atoms with Crippen LogP contribution in [0, 0.1) is 35.5 Å². The Hall–Kier alpha value is -2.43. The Morgan fingerprint density at radius 2 is 1.68 bits per heavy atom. The molecule has 1 heterocycles. The molecule has 25 heavy (non-hydrogen) atoms. The monoisotopic (exact) mass is 337 g/mol. The van der Waals surface area contributed by atoms with E-state index in [-0.39, 0.29) is 47.7 Å². The van der Waals surface area contributed by atoms with E-state index >= 15 is 0 Å². The number of anilines is 1. The topological polar surface area (TPSA) is 63.7 Å². The molecule has 1 saturated heterocycles. The SMILES string of the molecule is CCOC(=O)c1ccccc1N1C(=O)C2C3C=CC(C4CC34)C2C1=O. The fourth-order valence-corrected chi connectivity index (χ4v) is 5.24. The number of ether oxygens (including phenoxy) is 1. The molecule has 1 aliphatic heterocycles. The summed E-state index contributed by atoms with van der Waals surface area (Å²) in [7, 11) is 0. The van der Waals surface area contributed by atoms with Crippen LogP contribution in [0.4, 0.5) is 5.69 Å². The predicted molar refractivity (Wildman–Crippen MR) is 89.6 cm³/mol. The molecule has 6 atom stereocenters. The number of nitrogens with zero attached hydrogens (tertiary/aromatic N) is 1. The maximum Gasteiger partial charge on any atom is 0.340 e. The number of carbonyl (C=O) groups excluding carboxylic acids is 3. The molecule has 0 aromatic heterocycles. The molecule has 0 radical (unpaired) electrons. The van der Waals surface area contributed by atoms with E-state index in [0.717, 1.165) is 6.42 Å². The molecular weight excluding hydrogens is 318 g/mol. The first kappa shape index (κ1) is 14.9. The van der Waals surface area contributed by atoms with Gasteiger partial charge in [-0.1, -0.05) is 24.3 Å². The summed E-state index contributed by atoms with van der Waals surface area (Å²) in [4.78, 5) is 39.8. The zero-order chi connectivity index (χ0) is 17.3. The highest BCUT2D eigenvalue weighted by molar-refractivity contribution is 6.24. The summed E-state index contributed by atoms with van der Waals surface area (Å²) in [5.74, 6) is 0.141. The number of rotatable bonds is 3. The van der Waals surface area contributed by atoms with Crippen molar-refractivity contribution in [3.8, 4) is 0 Å². The third-order valence-electron chi connectivity index (χ3n) is 6.30. The maximum absolute atomic E-state index is 13.2. The molecule has 128 valence electrons. The summed E-state index contributed by atoms with van der Waals surface area (Å²) < 4.78 is 5.10. The van der Waals surface area contributed by atoms with Crippen LogP contribution >= 0.6 is 0 Å². The molecule has 2 bridgehead atoms. The van der Waals surface area contributed by atoms with Crippen LogP contribution in [0.1, 0.15) is 23.7 Å². The first-order chi connectivity index (χ1) is 12.1. The van der Waals surface area contributed by atoms with Gasteiger partial charge in [-0.3, -0.25) is 9.59 Å². The quantitative estimate of drug-likeness (QED) is 0.483. The van der Waals surface area contributed by atoms with E-state index in [4.69, 9.17) is 4.74 Å². The largest absolute Gasteiger partial charge is 0.462 e. The molecule has 4 aliphatic carbocycles. The van der Waals surface area contributed by atoms with Gasteiger partial charge in [0.25, 0.3) is 0 Å². The molecule has 2 saturated carbocycles. The summed E-state index contributed by atoms with van der Waals surface area (Å²) in [5, 5.41) is 0. The summed E-state index contributed by atoms with van der Waals surface area (Å²) in [6, 6.07) is 6.73. The smallest absolute Gasteiger partial charge is 0.340 e. The fraction of sp³-hybridized carbons (Fsp3) is 0.450. The molecule has 0 N–H and O–H groups in total. The summed E-state index contributed by atoms with van der Waals surface area (Å²) in [6.45, 7) is 1.98. The van der Waals surface area contributed by atoms with E-state index < -0.39 is 5.97 Å². The molecule has 5 heteroatoms. The lowest BCUT2D eigenvalue weighted by Gasteiger charge is -2.37. The lowest BCUT2D eigenvalue weighted by atomic mass is 9.63. The number of benzene rings is 1. The minimum atomic E-state index is -0.502. The molecule has 1 aromatic rings. The number of hydrogen-bond donors (Lipinski definition) is 0. The second kappa shape index (κ2) is 5.04. The zero-order valence-electron chi connectivity index (χ0n) is 13.9. The van der Waals surface area contributed by atoms with Gasteiger partial charge in [-0.2, -0.15) is 0 Å². The minimum absolute atomic E-state index is 0.156. The summed E-state index contributed by atoms with van der Waals surface area (Å²) in [5.41, 5.74) is 0.633. The minimum Gasteiger partial charge on any atom is -0.462 e. The highest BCUT2D eigenvalue weighted by Crippen LogP contribution is 2.65. The Labute approximate surface area is 145 Å². The lowest BCUT2D eigenvalue weighted by Crippen LogP contribution is -2.40. The average Bonchev–Trinajstić information content (AvgIpc) is 3.40. The number of hydrogen-bond acceptors (Lipinski definition) is 4. The molecule has 3 fully saturated rings. The molecule has 5 nitrogen and oxygen atoms in total. The molecule has 6 unspecified atom stereocenters. The van der Waals surface area contributed by atoms with E-state index in [1.54, 1.807) is 31.2 Å². The normalized spacial score (nSPS) is 37.1. The van der Waals surface area contributed by atoms with Crippen molar-refractivity contribution in [2.75, 3.05) is 11.5 Å². The molecule has 0 spiro atoms. The van der Waals surface area contributed by atoms with Crippen LogP contribution in [0.25, 0.3) is 0 Å². The fourth-order valence-electron chi connectivity index (χ4n) is 5.24. The van der Waals surface area contributed by atoms with E-state index in [1.165, 1.54) is 4.90 Å². The lowest BCUT2D eigenvalue weighted by molar-refractivity contribution is -0.124. The molecule has 6 rings (SSSR count). The van der Waals surface area contributed by atoms with E-state index in [0.29, 0.717) is 17.5 Å². The standard InChI is InChI=1S/C20H19NO4/c1-2-25-20(24)12-5-3-4-6-15(12)21-18(22)16-10-7-8-11(14-9-13(10)14)17(16)19(21)23/h3-8,10-11,13-14,16-17H,2,9H2,1H3. The van der Waals surface area contributed by atoms with Crippen molar-refractivity contribution in [2.45, 2.75) is 13.3 Å². The summed E-state index contributed by atoms with van der Waals surface area (Å²) >= 11 is 0. The van der Waals surface area contributed by atoms with Crippen molar-refractivity contribution < 1.29 is 19.1 Å². The van der Waals surface area contributed by atoms with Crippen LogP contribution in [0.15, 0.2) is 36.4 Å². The second-order valence-electron chi connectivity index (χ2n) is 7.40. The Morgan fingerprint density at radius 3 is 2.28 bits per heavy atom. The van der Waals surface area contributed by atoms with Crippen molar-refractivity contribution in [2.24, 2.45) is 35.5 Å². The van der Waals surface area contributed by atoms with Crippen LogP contribution in [-0.4, -0.2) is 24.4 Å². The predicted octanol–water partition coefficient (Wildman–Crippen LogP) is 2.42. The van der Waals surface area contributed by atoms with Crippen LogP contribution < -0.4 is 4.90 Å². The van der Waals surface area contributed by atoms with E-state index in [9.17, 15) is 14.4 Å². The highest BCUT2D eigenvalue weighted by atomic mass is 16.5. The van der Waals surface area contributed by atoms with E-state index in [1.807, 2.05) is 0 Å². The summed E-state index contributed by atoms with van der Waals surface area (Å²) in [6.07, 6.45) is 5.42. The molecule has 5 aliphatic rings. The first-order valence-electron chi connectivity index (χ1n) is 8.95. The van der Waals surface area contributed by atoms with Gasteiger partial charge in [0.2, 0.25) is 11.8 Å². The Balaban J connectivity index is 1.56. The van der Waals surface area contributed by atoms with Crippen molar-refractivity contribution in [3.05, 3.63) is 42.0 Å².